The molecular weight excluding hydrogens is 380 g/mol. The molecule has 0 aromatic heterocycles. The van der Waals surface area contributed by atoms with Crippen molar-refractivity contribution in [2.45, 2.75) is 76.8 Å². The zero-order valence-corrected chi connectivity index (χ0v) is 17.1. The van der Waals surface area contributed by atoms with E-state index in [1.807, 2.05) is 6.92 Å². The largest absolute Gasteiger partial charge is 0.483 e. The normalized spacial score (nSPS) is 41.1. The van der Waals surface area contributed by atoms with Crippen LogP contribution in [0, 0.1) is 17.8 Å². The molecule has 6 atom stereocenters. The number of rotatable bonds is 2. The van der Waals surface area contributed by atoms with Crippen LogP contribution in [-0.4, -0.2) is 47.1 Å². The van der Waals surface area contributed by atoms with Gasteiger partial charge in [0, 0.05) is 31.3 Å². The Balaban J connectivity index is 1.79. The van der Waals surface area contributed by atoms with Crippen LogP contribution in [0.3, 0.4) is 0 Å². The van der Waals surface area contributed by atoms with Gasteiger partial charge in [-0.2, -0.15) is 0 Å². The van der Waals surface area contributed by atoms with Gasteiger partial charge in [0.15, 0.2) is 5.60 Å². The Bertz CT molecular complexity index is 813. The lowest BCUT2D eigenvalue weighted by Crippen LogP contribution is -2.52. The molecule has 4 rings (SSSR count). The van der Waals surface area contributed by atoms with Crippen molar-refractivity contribution >= 4 is 23.7 Å². The average Bonchev–Trinajstić information content (AvgIpc) is 3.24. The third-order valence-corrected chi connectivity index (χ3v) is 6.48. The van der Waals surface area contributed by atoms with Crippen LogP contribution in [0.25, 0.3) is 0 Å². The molecule has 4 heterocycles. The molecule has 0 aliphatic carbocycles. The molecule has 158 valence electrons. The summed E-state index contributed by atoms with van der Waals surface area (Å²) in [5.74, 6) is -2.49. The number of carbonyl (C=O) groups excluding carboxylic acids is 4. The highest BCUT2D eigenvalue weighted by atomic mass is 16.6. The Labute approximate surface area is 168 Å². The molecule has 2 unspecified atom stereocenters. The molecule has 0 aromatic rings. The van der Waals surface area contributed by atoms with Crippen LogP contribution in [0.4, 0.5) is 0 Å². The van der Waals surface area contributed by atoms with Gasteiger partial charge in [-0.15, -0.1) is 0 Å². The quantitative estimate of drug-likeness (QED) is 0.505. The van der Waals surface area contributed by atoms with Gasteiger partial charge in [0.05, 0.1) is 11.8 Å². The highest BCUT2D eigenvalue weighted by molar-refractivity contribution is 5.99. The van der Waals surface area contributed by atoms with E-state index < -0.39 is 53.2 Å². The molecule has 8 heteroatoms. The molecule has 0 N–H and O–H groups in total. The van der Waals surface area contributed by atoms with E-state index in [-0.39, 0.29) is 31.0 Å². The first-order chi connectivity index (χ1) is 13.6. The Kier molecular flexibility index (Phi) is 4.51. The van der Waals surface area contributed by atoms with Gasteiger partial charge in [0.25, 0.3) is 0 Å². The van der Waals surface area contributed by atoms with Crippen LogP contribution in [0.5, 0.6) is 0 Å². The fourth-order valence-electron chi connectivity index (χ4n) is 4.84. The molecule has 3 saturated heterocycles. The molecule has 1 spiro atoms. The van der Waals surface area contributed by atoms with Crippen molar-refractivity contribution in [2.24, 2.45) is 17.8 Å². The van der Waals surface area contributed by atoms with E-state index >= 15 is 0 Å². The Morgan fingerprint density at radius 2 is 1.97 bits per heavy atom. The summed E-state index contributed by atoms with van der Waals surface area (Å²) in [6.07, 6.45) is 0.680. The van der Waals surface area contributed by atoms with Crippen LogP contribution in [-0.2, 0) is 38.1 Å². The summed E-state index contributed by atoms with van der Waals surface area (Å²) < 4.78 is 23.0. The van der Waals surface area contributed by atoms with E-state index in [1.165, 1.54) is 6.08 Å². The minimum Gasteiger partial charge on any atom is -0.483 e. The number of esters is 3. The van der Waals surface area contributed by atoms with Gasteiger partial charge in [0.2, 0.25) is 11.4 Å². The smallest absolute Gasteiger partial charge is 0.351 e. The van der Waals surface area contributed by atoms with Crippen LogP contribution in [0.1, 0.15) is 53.4 Å². The maximum absolute atomic E-state index is 12.9. The van der Waals surface area contributed by atoms with Crippen molar-refractivity contribution in [1.82, 2.24) is 0 Å². The summed E-state index contributed by atoms with van der Waals surface area (Å²) in [6.45, 7) is 6.96. The van der Waals surface area contributed by atoms with Crippen molar-refractivity contribution in [3.05, 3.63) is 11.8 Å². The van der Waals surface area contributed by atoms with Gasteiger partial charge >= 0.3 is 17.9 Å². The molecule has 4 aliphatic heterocycles. The lowest BCUT2D eigenvalue weighted by molar-refractivity contribution is -0.176. The molecule has 8 nitrogen and oxygen atoms in total. The fourth-order valence-corrected chi connectivity index (χ4v) is 4.84. The van der Waals surface area contributed by atoms with Gasteiger partial charge in [-0.25, -0.2) is 4.79 Å². The zero-order chi connectivity index (χ0) is 21.1. The second kappa shape index (κ2) is 6.57. The first-order valence-corrected chi connectivity index (χ1v) is 10.1. The maximum atomic E-state index is 12.9. The van der Waals surface area contributed by atoms with Crippen molar-refractivity contribution in [1.29, 1.82) is 0 Å². The number of fused-ring (bicyclic) bond motifs is 4. The van der Waals surface area contributed by atoms with Gasteiger partial charge in [0.1, 0.15) is 18.0 Å². The second-order valence-electron chi connectivity index (χ2n) is 9.05. The van der Waals surface area contributed by atoms with Gasteiger partial charge < -0.3 is 18.9 Å². The fraction of sp³-hybridized carbons (Fsp3) is 0.714. The summed E-state index contributed by atoms with van der Waals surface area (Å²) in [4.78, 5) is 50.0. The first kappa shape index (κ1) is 19.9. The van der Waals surface area contributed by atoms with E-state index in [9.17, 15) is 19.2 Å². The molecule has 4 aliphatic rings. The summed E-state index contributed by atoms with van der Waals surface area (Å²) in [5, 5.41) is 0. The highest BCUT2D eigenvalue weighted by Crippen LogP contribution is 2.51. The molecule has 0 saturated carbocycles. The molecular formula is C21H26O8. The number of carbonyl (C=O) groups is 4. The lowest BCUT2D eigenvalue weighted by atomic mass is 9.74. The number of ketones is 1. The average molecular weight is 406 g/mol. The van der Waals surface area contributed by atoms with Crippen LogP contribution in [0.2, 0.25) is 0 Å². The number of hydrogen-bond acceptors (Lipinski definition) is 8. The predicted octanol–water partition coefficient (Wildman–Crippen LogP) is 1.84. The maximum Gasteiger partial charge on any atom is 0.351 e. The molecule has 29 heavy (non-hydrogen) atoms. The Morgan fingerprint density at radius 1 is 1.24 bits per heavy atom. The summed E-state index contributed by atoms with van der Waals surface area (Å²) in [5.41, 5.74) is -2.70. The lowest BCUT2D eigenvalue weighted by Gasteiger charge is -2.36. The SMILES string of the molecule is CC(C)C(=O)O[C@@H]1C[C@@]2(C)OC(=CC2=O)[C@@H](C)C[C@H]2OC(=O)C3(CCC(=O)O3)C12. The van der Waals surface area contributed by atoms with Crippen molar-refractivity contribution in [3.8, 4) is 0 Å². The van der Waals surface area contributed by atoms with E-state index in [0.29, 0.717) is 12.2 Å². The van der Waals surface area contributed by atoms with Crippen LogP contribution in [0.15, 0.2) is 11.8 Å². The predicted molar refractivity (Wildman–Crippen MR) is 97.1 cm³/mol. The molecule has 0 amide bonds. The molecule has 3 fully saturated rings. The second-order valence-corrected chi connectivity index (χ2v) is 9.05. The van der Waals surface area contributed by atoms with Crippen molar-refractivity contribution in [3.63, 3.8) is 0 Å². The molecule has 0 aromatic carbocycles. The Morgan fingerprint density at radius 3 is 2.59 bits per heavy atom. The molecule has 2 bridgehead atoms. The standard InChI is InChI=1S/C21H26O8/c1-10(2)18(24)26-14-9-20(4)15(22)8-12(28-20)11(3)7-13-17(14)21(19(25)27-13)6-5-16(23)29-21/h8,10-11,13-14,17H,5-7,9H2,1-4H3/t11-,13+,14+,17?,20+,21?/m0/s1. The van der Waals surface area contributed by atoms with Gasteiger partial charge in [-0.1, -0.05) is 20.8 Å². The van der Waals surface area contributed by atoms with E-state index in [1.54, 1.807) is 20.8 Å². The van der Waals surface area contributed by atoms with Crippen LogP contribution >= 0.6 is 0 Å². The highest BCUT2D eigenvalue weighted by Gasteiger charge is 2.67. The monoisotopic (exact) mass is 406 g/mol. The Hall–Kier alpha value is -2.38. The van der Waals surface area contributed by atoms with Crippen molar-refractivity contribution < 1.29 is 38.1 Å². The van der Waals surface area contributed by atoms with Crippen LogP contribution < -0.4 is 0 Å². The minimum absolute atomic E-state index is 0.0497. The first-order valence-electron chi connectivity index (χ1n) is 10.1. The van der Waals surface area contributed by atoms with E-state index in [2.05, 4.69) is 0 Å². The van der Waals surface area contributed by atoms with E-state index in [4.69, 9.17) is 18.9 Å². The van der Waals surface area contributed by atoms with Gasteiger partial charge in [-0.3, -0.25) is 14.4 Å². The topological polar surface area (TPSA) is 105 Å². The van der Waals surface area contributed by atoms with Crippen molar-refractivity contribution in [2.75, 3.05) is 0 Å². The summed E-state index contributed by atoms with van der Waals surface area (Å²) in [7, 11) is 0. The van der Waals surface area contributed by atoms with E-state index in [0.717, 1.165) is 0 Å². The third kappa shape index (κ3) is 3.04. The minimum atomic E-state index is -1.49. The van der Waals surface area contributed by atoms with Gasteiger partial charge in [-0.05, 0) is 13.3 Å². The summed E-state index contributed by atoms with van der Waals surface area (Å²) in [6, 6.07) is 0. The third-order valence-electron chi connectivity index (χ3n) is 6.48. The number of ether oxygens (including phenoxy) is 4. The number of hydrogen-bond donors (Lipinski definition) is 0. The summed E-state index contributed by atoms with van der Waals surface area (Å²) >= 11 is 0. The molecule has 0 radical (unpaired) electrons. The zero-order valence-electron chi connectivity index (χ0n) is 17.1. The number of allylic oxidation sites excluding steroid dienone is 1.